The fraction of sp³-hybridized carbons (Fsp3) is 0.241. The van der Waals surface area contributed by atoms with Gasteiger partial charge in [0.15, 0.2) is 6.61 Å². The normalized spacial score (nSPS) is 20.9. The Morgan fingerprint density at radius 1 is 0.865 bits per heavy atom. The van der Waals surface area contributed by atoms with E-state index in [1.165, 1.54) is 22.6 Å². The van der Waals surface area contributed by atoms with Crippen LogP contribution in [0.15, 0.2) is 83.3 Å². The van der Waals surface area contributed by atoms with Gasteiger partial charge >= 0.3 is 5.97 Å². The number of benzene rings is 3. The number of esters is 1. The molecule has 1 saturated heterocycles. The lowest BCUT2D eigenvalue weighted by Crippen LogP contribution is -2.30. The minimum atomic E-state index is -0.670. The van der Waals surface area contributed by atoms with Gasteiger partial charge in [-0.2, -0.15) is 0 Å². The molecule has 3 amide bonds. The molecule has 3 atom stereocenters. The number of halogens is 1. The standard InChI is InChI=1S/C29H25BrN2O5/c30-21-9-11-22(12-10-21)31-26(33)17-37-29(36)19-6-13-23(14-7-19)32-27(34)24-15-8-20(16-25(24)28(32)35)18-4-2-1-3-5-18/h1-7,9-14,20,24-25H,8,15-17H2,(H,31,33)/t20-,24+,25-/m0/s1. The largest absolute Gasteiger partial charge is 0.452 e. The van der Waals surface area contributed by atoms with Gasteiger partial charge in [-0.3, -0.25) is 19.3 Å². The number of carbonyl (C=O) groups excluding carboxylic acids is 4. The lowest BCUT2D eigenvalue weighted by molar-refractivity contribution is -0.122. The average molecular weight is 561 g/mol. The molecule has 1 aliphatic carbocycles. The second-order valence-corrected chi connectivity index (χ2v) is 10.2. The first kappa shape index (κ1) is 24.9. The maximum absolute atomic E-state index is 13.3. The summed E-state index contributed by atoms with van der Waals surface area (Å²) in [5, 5.41) is 2.65. The molecule has 0 radical (unpaired) electrons. The van der Waals surface area contributed by atoms with Crippen molar-refractivity contribution in [2.75, 3.05) is 16.8 Å². The molecule has 1 heterocycles. The fourth-order valence-electron chi connectivity index (χ4n) is 5.15. The van der Waals surface area contributed by atoms with Gasteiger partial charge in [0.25, 0.3) is 5.91 Å². The van der Waals surface area contributed by atoms with Crippen molar-refractivity contribution < 1.29 is 23.9 Å². The van der Waals surface area contributed by atoms with Crippen LogP contribution >= 0.6 is 15.9 Å². The number of amides is 3. The number of nitrogens with zero attached hydrogens (tertiary/aromatic N) is 1. The molecule has 1 aliphatic heterocycles. The van der Waals surface area contributed by atoms with Gasteiger partial charge in [-0.25, -0.2) is 4.79 Å². The molecule has 7 nitrogen and oxygen atoms in total. The smallest absolute Gasteiger partial charge is 0.338 e. The van der Waals surface area contributed by atoms with Gasteiger partial charge in [-0.1, -0.05) is 46.3 Å². The third kappa shape index (κ3) is 5.34. The number of hydrogen-bond acceptors (Lipinski definition) is 5. The number of hydrogen-bond donors (Lipinski definition) is 1. The van der Waals surface area contributed by atoms with Crippen LogP contribution in [-0.2, 0) is 19.1 Å². The van der Waals surface area contributed by atoms with Gasteiger partial charge in [0.2, 0.25) is 11.8 Å². The van der Waals surface area contributed by atoms with E-state index in [4.69, 9.17) is 4.74 Å². The van der Waals surface area contributed by atoms with Gasteiger partial charge in [0, 0.05) is 10.2 Å². The summed E-state index contributed by atoms with van der Waals surface area (Å²) in [4.78, 5) is 52.2. The molecule has 2 fully saturated rings. The van der Waals surface area contributed by atoms with Crippen molar-refractivity contribution in [3.05, 3.63) is 94.5 Å². The lowest BCUT2D eigenvalue weighted by atomic mass is 9.73. The number of carbonyl (C=O) groups is 4. The summed E-state index contributed by atoms with van der Waals surface area (Å²) in [5.41, 5.74) is 2.45. The first-order chi connectivity index (χ1) is 17.9. The highest BCUT2D eigenvalue weighted by atomic mass is 79.9. The summed E-state index contributed by atoms with van der Waals surface area (Å²) < 4.78 is 6.00. The van der Waals surface area contributed by atoms with Crippen LogP contribution in [0.25, 0.3) is 0 Å². The van der Waals surface area contributed by atoms with Crippen LogP contribution in [0.4, 0.5) is 11.4 Å². The van der Waals surface area contributed by atoms with Gasteiger partial charge < -0.3 is 10.1 Å². The van der Waals surface area contributed by atoms with Crippen molar-refractivity contribution >= 4 is 51.0 Å². The molecule has 0 bridgehead atoms. The molecule has 0 unspecified atom stereocenters. The van der Waals surface area contributed by atoms with Crippen LogP contribution in [0.5, 0.6) is 0 Å². The van der Waals surface area contributed by atoms with E-state index in [0.29, 0.717) is 24.2 Å². The molecule has 3 aromatic rings. The number of nitrogens with one attached hydrogen (secondary N) is 1. The van der Waals surface area contributed by atoms with Gasteiger partial charge in [-0.05, 0) is 79.3 Å². The Bertz CT molecular complexity index is 1320. The van der Waals surface area contributed by atoms with Crippen molar-refractivity contribution in [2.45, 2.75) is 25.2 Å². The van der Waals surface area contributed by atoms with Gasteiger partial charge in [-0.15, -0.1) is 0 Å². The summed E-state index contributed by atoms with van der Waals surface area (Å²) in [7, 11) is 0. The Balaban J connectivity index is 1.20. The Morgan fingerprint density at radius 2 is 1.54 bits per heavy atom. The summed E-state index contributed by atoms with van der Waals surface area (Å²) in [5.74, 6) is -1.87. The zero-order valence-corrected chi connectivity index (χ0v) is 21.5. The molecule has 1 saturated carbocycles. The zero-order chi connectivity index (χ0) is 25.9. The molecule has 2 aliphatic rings. The van der Waals surface area contributed by atoms with Crippen molar-refractivity contribution in [3.63, 3.8) is 0 Å². The first-order valence-electron chi connectivity index (χ1n) is 12.2. The Morgan fingerprint density at radius 3 is 2.24 bits per heavy atom. The second kappa shape index (κ2) is 10.7. The molecule has 37 heavy (non-hydrogen) atoms. The number of ether oxygens (including phenoxy) is 1. The second-order valence-electron chi connectivity index (χ2n) is 9.32. The molecule has 1 N–H and O–H groups in total. The summed E-state index contributed by atoms with van der Waals surface area (Å²) in [6.07, 6.45) is 2.21. The van der Waals surface area contributed by atoms with Crippen molar-refractivity contribution in [1.82, 2.24) is 0 Å². The molecule has 0 aromatic heterocycles. The number of imide groups is 1. The summed E-state index contributed by atoms with van der Waals surface area (Å²) >= 11 is 3.32. The Kier molecular flexibility index (Phi) is 7.19. The molecule has 8 heteroatoms. The Hall–Kier alpha value is -3.78. The predicted octanol–water partition coefficient (Wildman–Crippen LogP) is 5.32. The maximum atomic E-state index is 13.3. The molecule has 0 spiro atoms. The van der Waals surface area contributed by atoms with Crippen LogP contribution in [0.3, 0.4) is 0 Å². The van der Waals surface area contributed by atoms with Crippen LogP contribution < -0.4 is 10.2 Å². The van der Waals surface area contributed by atoms with Crippen molar-refractivity contribution in [2.24, 2.45) is 11.8 Å². The van der Waals surface area contributed by atoms with E-state index in [1.807, 2.05) is 18.2 Å². The zero-order valence-electron chi connectivity index (χ0n) is 19.9. The Labute approximate surface area is 222 Å². The average Bonchev–Trinajstić information content (AvgIpc) is 3.18. The highest BCUT2D eigenvalue weighted by molar-refractivity contribution is 9.10. The van der Waals surface area contributed by atoms with Crippen molar-refractivity contribution in [1.29, 1.82) is 0 Å². The minimum absolute atomic E-state index is 0.179. The molecule has 188 valence electrons. The molecular weight excluding hydrogens is 536 g/mol. The predicted molar refractivity (Wildman–Crippen MR) is 142 cm³/mol. The van der Waals surface area contributed by atoms with E-state index in [-0.39, 0.29) is 35.1 Å². The van der Waals surface area contributed by atoms with Crippen LogP contribution in [0.2, 0.25) is 0 Å². The van der Waals surface area contributed by atoms with E-state index >= 15 is 0 Å². The van der Waals surface area contributed by atoms with Crippen LogP contribution in [0.1, 0.15) is 41.1 Å². The van der Waals surface area contributed by atoms with E-state index in [2.05, 4.69) is 33.4 Å². The first-order valence-corrected chi connectivity index (χ1v) is 13.0. The van der Waals surface area contributed by atoms with E-state index in [9.17, 15) is 19.2 Å². The summed E-state index contributed by atoms with van der Waals surface area (Å²) in [6.45, 7) is -0.439. The highest BCUT2D eigenvalue weighted by Gasteiger charge is 2.50. The third-order valence-corrected chi connectivity index (χ3v) is 7.55. The van der Waals surface area contributed by atoms with E-state index < -0.39 is 18.5 Å². The van der Waals surface area contributed by atoms with Gasteiger partial charge in [0.1, 0.15) is 0 Å². The van der Waals surface area contributed by atoms with E-state index in [1.54, 1.807) is 36.4 Å². The third-order valence-electron chi connectivity index (χ3n) is 7.02. The highest BCUT2D eigenvalue weighted by Crippen LogP contribution is 2.45. The molecular formula is C29H25BrN2O5. The van der Waals surface area contributed by atoms with Gasteiger partial charge in [0.05, 0.1) is 23.1 Å². The monoisotopic (exact) mass is 560 g/mol. The quantitative estimate of drug-likeness (QED) is 0.325. The number of anilines is 2. The van der Waals surface area contributed by atoms with Crippen LogP contribution in [0, 0.1) is 11.8 Å². The minimum Gasteiger partial charge on any atom is -0.452 e. The SMILES string of the molecule is O=C(COC(=O)c1ccc(N2C(=O)[C@H]3C[C@@H](c4ccccc4)CC[C@H]3C2=O)cc1)Nc1ccc(Br)cc1. The molecule has 5 rings (SSSR count). The van der Waals surface area contributed by atoms with E-state index in [0.717, 1.165) is 10.9 Å². The topological polar surface area (TPSA) is 92.8 Å². The number of rotatable bonds is 6. The van der Waals surface area contributed by atoms with Crippen LogP contribution in [-0.4, -0.2) is 30.3 Å². The fourth-order valence-corrected chi connectivity index (χ4v) is 5.42. The lowest BCUT2D eigenvalue weighted by Gasteiger charge is -2.28. The molecule has 3 aromatic carbocycles. The maximum Gasteiger partial charge on any atom is 0.338 e. The summed E-state index contributed by atoms with van der Waals surface area (Å²) in [6, 6.07) is 23.3. The van der Waals surface area contributed by atoms with Crippen molar-refractivity contribution in [3.8, 4) is 0 Å². The number of fused-ring (bicyclic) bond motifs is 1.